The van der Waals surface area contributed by atoms with Gasteiger partial charge in [-0.05, 0) is 36.1 Å². The van der Waals surface area contributed by atoms with E-state index in [1.807, 2.05) is 18.2 Å². The van der Waals surface area contributed by atoms with E-state index < -0.39 is 5.56 Å². The van der Waals surface area contributed by atoms with E-state index in [0.717, 1.165) is 5.56 Å². The third-order valence-corrected chi connectivity index (χ3v) is 5.04. The number of hydrogen-bond acceptors (Lipinski definition) is 5. The number of aromatic amines is 1. The van der Waals surface area contributed by atoms with Crippen molar-refractivity contribution in [3.8, 4) is 23.1 Å². The number of nitrogens with zero attached hydrogens (tertiary/aromatic N) is 2. The van der Waals surface area contributed by atoms with Gasteiger partial charge in [-0.15, -0.1) is 0 Å². The number of benzene rings is 2. The molecule has 27 heavy (non-hydrogen) atoms. The average Bonchev–Trinajstić information content (AvgIpc) is 2.68. The predicted octanol–water partition coefficient (Wildman–Crippen LogP) is 4.92. The monoisotopic (exact) mass is 417 g/mol. The van der Waals surface area contributed by atoms with Gasteiger partial charge in [0.1, 0.15) is 29.7 Å². The standard InChI is InChI=1S/C19H13Cl2N3O2S/c1-27-19-23-17(13(9-22)18(25)24-19)12-4-2-3-5-16(12)26-10-11-6-7-14(20)15(21)8-11/h2-8H,10H2,1H3,(H,23,24,25). The van der Waals surface area contributed by atoms with Crippen LogP contribution in [-0.4, -0.2) is 16.2 Å². The van der Waals surface area contributed by atoms with Gasteiger partial charge in [-0.25, -0.2) is 4.98 Å². The lowest BCUT2D eigenvalue weighted by Gasteiger charge is -2.13. The Morgan fingerprint density at radius 3 is 2.70 bits per heavy atom. The summed E-state index contributed by atoms with van der Waals surface area (Å²) in [4.78, 5) is 19.2. The number of hydrogen-bond donors (Lipinski definition) is 1. The van der Waals surface area contributed by atoms with E-state index in [0.29, 0.717) is 26.5 Å². The van der Waals surface area contributed by atoms with Crippen molar-refractivity contribution in [2.45, 2.75) is 11.8 Å². The van der Waals surface area contributed by atoms with Crippen LogP contribution < -0.4 is 10.3 Å². The topological polar surface area (TPSA) is 78.8 Å². The van der Waals surface area contributed by atoms with Gasteiger partial charge in [0.2, 0.25) is 0 Å². The summed E-state index contributed by atoms with van der Waals surface area (Å²) in [5.41, 5.74) is 1.15. The maximum atomic E-state index is 12.2. The first kappa shape index (κ1) is 19.3. The molecule has 0 bridgehead atoms. The lowest BCUT2D eigenvalue weighted by molar-refractivity contribution is 0.307. The fraction of sp³-hybridized carbons (Fsp3) is 0.105. The second kappa shape index (κ2) is 8.49. The minimum absolute atomic E-state index is 0.0570. The Hall–Kier alpha value is -2.46. The minimum atomic E-state index is -0.480. The highest BCUT2D eigenvalue weighted by Gasteiger charge is 2.17. The van der Waals surface area contributed by atoms with Crippen LogP contribution in [-0.2, 0) is 6.61 Å². The smallest absolute Gasteiger partial charge is 0.270 e. The Morgan fingerprint density at radius 1 is 1.22 bits per heavy atom. The minimum Gasteiger partial charge on any atom is -0.488 e. The molecule has 1 N–H and O–H groups in total. The summed E-state index contributed by atoms with van der Waals surface area (Å²) in [6, 6.07) is 14.3. The van der Waals surface area contributed by atoms with E-state index >= 15 is 0 Å². The third-order valence-electron chi connectivity index (χ3n) is 3.72. The predicted molar refractivity (Wildman–Crippen MR) is 108 cm³/mol. The molecule has 0 fully saturated rings. The maximum absolute atomic E-state index is 12.2. The van der Waals surface area contributed by atoms with Crippen LogP contribution in [0, 0.1) is 11.3 Å². The zero-order valence-corrected chi connectivity index (χ0v) is 16.5. The van der Waals surface area contributed by atoms with Crippen LogP contribution in [0.1, 0.15) is 11.1 Å². The SMILES string of the molecule is CSc1nc(-c2ccccc2OCc2ccc(Cl)c(Cl)c2)c(C#N)c(=O)[nH]1. The molecule has 3 rings (SSSR count). The van der Waals surface area contributed by atoms with Crippen molar-refractivity contribution in [1.29, 1.82) is 5.26 Å². The molecular weight excluding hydrogens is 405 g/mol. The summed E-state index contributed by atoms with van der Waals surface area (Å²) >= 11 is 13.3. The molecule has 0 saturated carbocycles. The molecular formula is C19H13Cl2N3O2S. The molecule has 0 saturated heterocycles. The van der Waals surface area contributed by atoms with Gasteiger partial charge in [0.05, 0.1) is 10.0 Å². The van der Waals surface area contributed by atoms with Crippen molar-refractivity contribution < 1.29 is 4.74 Å². The first-order chi connectivity index (χ1) is 13.0. The molecule has 0 radical (unpaired) electrons. The van der Waals surface area contributed by atoms with Gasteiger partial charge in [0, 0.05) is 5.56 Å². The van der Waals surface area contributed by atoms with Crippen molar-refractivity contribution in [1.82, 2.24) is 9.97 Å². The first-order valence-electron chi connectivity index (χ1n) is 7.78. The van der Waals surface area contributed by atoms with Crippen LogP contribution in [0.5, 0.6) is 5.75 Å². The van der Waals surface area contributed by atoms with Crippen molar-refractivity contribution >= 4 is 35.0 Å². The summed E-state index contributed by atoms with van der Waals surface area (Å²) in [5, 5.41) is 10.7. The summed E-state index contributed by atoms with van der Waals surface area (Å²) in [5.74, 6) is 0.505. The highest BCUT2D eigenvalue weighted by atomic mass is 35.5. The molecule has 0 unspecified atom stereocenters. The van der Waals surface area contributed by atoms with E-state index in [4.69, 9.17) is 27.9 Å². The molecule has 0 spiro atoms. The Kier molecular flexibility index (Phi) is 6.07. The highest BCUT2D eigenvalue weighted by molar-refractivity contribution is 7.98. The summed E-state index contributed by atoms with van der Waals surface area (Å²) < 4.78 is 5.92. The number of halogens is 2. The molecule has 136 valence electrons. The number of H-pyrrole nitrogens is 1. The third kappa shape index (κ3) is 4.28. The van der Waals surface area contributed by atoms with Gasteiger partial charge in [0.15, 0.2) is 5.16 Å². The van der Waals surface area contributed by atoms with E-state index in [1.165, 1.54) is 11.8 Å². The molecule has 0 aliphatic heterocycles. The molecule has 0 atom stereocenters. The van der Waals surface area contributed by atoms with Crippen molar-refractivity contribution in [2.75, 3.05) is 6.26 Å². The molecule has 1 heterocycles. The Labute approximate surface area is 169 Å². The fourth-order valence-electron chi connectivity index (χ4n) is 2.43. The summed E-state index contributed by atoms with van der Waals surface area (Å²) in [7, 11) is 0. The molecule has 1 aromatic heterocycles. The average molecular weight is 418 g/mol. The first-order valence-corrected chi connectivity index (χ1v) is 9.76. The zero-order chi connectivity index (χ0) is 19.4. The summed E-state index contributed by atoms with van der Waals surface area (Å²) in [6.07, 6.45) is 1.79. The van der Waals surface area contributed by atoms with Crippen molar-refractivity contribution in [3.05, 3.63) is 74.0 Å². The Balaban J connectivity index is 2.00. The number of thioether (sulfide) groups is 1. The van der Waals surface area contributed by atoms with E-state index in [-0.39, 0.29) is 17.9 Å². The molecule has 0 aliphatic carbocycles. The normalized spacial score (nSPS) is 10.4. The molecule has 2 aromatic carbocycles. The van der Waals surface area contributed by atoms with E-state index in [1.54, 1.807) is 36.6 Å². The van der Waals surface area contributed by atoms with Gasteiger partial charge in [0.25, 0.3) is 5.56 Å². The zero-order valence-electron chi connectivity index (χ0n) is 14.1. The number of aromatic nitrogens is 2. The lowest BCUT2D eigenvalue weighted by Crippen LogP contribution is -2.15. The van der Waals surface area contributed by atoms with Crippen LogP contribution in [0.2, 0.25) is 10.0 Å². The molecule has 5 nitrogen and oxygen atoms in total. The van der Waals surface area contributed by atoms with Crippen molar-refractivity contribution in [3.63, 3.8) is 0 Å². The molecule has 0 aliphatic rings. The van der Waals surface area contributed by atoms with Gasteiger partial charge < -0.3 is 9.72 Å². The maximum Gasteiger partial charge on any atom is 0.270 e. The second-order valence-corrected chi connectivity index (χ2v) is 7.05. The highest BCUT2D eigenvalue weighted by Crippen LogP contribution is 2.31. The number of rotatable bonds is 5. The van der Waals surface area contributed by atoms with Gasteiger partial charge in [-0.1, -0.05) is 53.2 Å². The van der Waals surface area contributed by atoms with E-state index in [2.05, 4.69) is 9.97 Å². The van der Waals surface area contributed by atoms with Crippen LogP contribution in [0.15, 0.2) is 52.4 Å². The van der Waals surface area contributed by atoms with Crippen molar-refractivity contribution in [2.24, 2.45) is 0 Å². The molecule has 3 aromatic rings. The quantitative estimate of drug-likeness (QED) is 0.470. The molecule has 8 heteroatoms. The fourth-order valence-corrected chi connectivity index (χ4v) is 3.12. The van der Waals surface area contributed by atoms with Crippen LogP contribution in [0.3, 0.4) is 0 Å². The Bertz CT molecular complexity index is 1090. The lowest BCUT2D eigenvalue weighted by atomic mass is 10.1. The van der Waals surface area contributed by atoms with Crippen LogP contribution >= 0.6 is 35.0 Å². The van der Waals surface area contributed by atoms with Gasteiger partial charge in [-0.3, -0.25) is 4.79 Å². The molecule has 0 amide bonds. The number of para-hydroxylation sites is 1. The number of nitrogens with one attached hydrogen (secondary N) is 1. The Morgan fingerprint density at radius 2 is 2.00 bits per heavy atom. The largest absolute Gasteiger partial charge is 0.488 e. The second-order valence-electron chi connectivity index (χ2n) is 5.44. The van der Waals surface area contributed by atoms with Crippen LogP contribution in [0.4, 0.5) is 0 Å². The number of nitriles is 1. The van der Waals surface area contributed by atoms with Gasteiger partial charge in [-0.2, -0.15) is 5.26 Å². The van der Waals surface area contributed by atoms with Crippen LogP contribution in [0.25, 0.3) is 11.3 Å². The van der Waals surface area contributed by atoms with E-state index in [9.17, 15) is 10.1 Å². The van der Waals surface area contributed by atoms with Gasteiger partial charge >= 0.3 is 0 Å². The summed E-state index contributed by atoms with van der Waals surface area (Å²) in [6.45, 7) is 0.244. The number of ether oxygens (including phenoxy) is 1.